The average Bonchev–Trinajstić information content (AvgIpc) is 3.16. The number of rotatable bonds is 5. The minimum absolute atomic E-state index is 0.0464. The van der Waals surface area contributed by atoms with Crippen LogP contribution in [0, 0.1) is 0 Å². The van der Waals surface area contributed by atoms with Gasteiger partial charge in [0.15, 0.2) is 10.9 Å². The number of carbonyl (C=O) groups excluding carboxylic acids is 2. The number of hydrogen-bond acceptors (Lipinski definition) is 4. The molecule has 3 rings (SSSR count). The fourth-order valence-electron chi connectivity index (χ4n) is 2.49. The summed E-state index contributed by atoms with van der Waals surface area (Å²) in [6.45, 7) is 1.49. The van der Waals surface area contributed by atoms with Gasteiger partial charge in [0.05, 0.1) is 0 Å². The fraction of sp³-hybridized carbons (Fsp3) is 0.0455. The van der Waals surface area contributed by atoms with E-state index in [4.69, 9.17) is 16.6 Å². The topological polar surface area (TPSA) is 71.3 Å². The molecule has 1 heterocycles. The van der Waals surface area contributed by atoms with Gasteiger partial charge in [-0.1, -0.05) is 42.5 Å². The lowest BCUT2D eigenvalue weighted by Crippen LogP contribution is -2.32. The second-order valence-corrected chi connectivity index (χ2v) is 6.39. The van der Waals surface area contributed by atoms with Crippen LogP contribution in [0.5, 0.6) is 0 Å². The first-order valence-electron chi connectivity index (χ1n) is 8.57. The van der Waals surface area contributed by atoms with Crippen molar-refractivity contribution in [2.24, 2.45) is 0 Å². The Bertz CT molecular complexity index is 1040. The molecule has 0 radical (unpaired) electrons. The van der Waals surface area contributed by atoms with Crippen molar-refractivity contribution in [2.75, 3.05) is 5.32 Å². The molecule has 5 nitrogen and oxygen atoms in total. The Morgan fingerprint density at radius 3 is 2.54 bits per heavy atom. The summed E-state index contributed by atoms with van der Waals surface area (Å²) in [5.41, 5.74) is 2.15. The van der Waals surface area contributed by atoms with Crippen molar-refractivity contribution < 1.29 is 14.0 Å². The van der Waals surface area contributed by atoms with E-state index in [9.17, 15) is 9.59 Å². The molecule has 0 atom stereocenters. The van der Waals surface area contributed by atoms with Gasteiger partial charge in [0.1, 0.15) is 11.5 Å². The number of anilines is 1. The second-order valence-electron chi connectivity index (χ2n) is 5.98. The minimum Gasteiger partial charge on any atom is -0.457 e. The molecule has 1 amide bonds. The molecule has 140 valence electrons. The molecule has 28 heavy (non-hydrogen) atoms. The number of benzene rings is 2. The molecule has 2 N–H and O–H groups in total. The Morgan fingerprint density at radius 2 is 1.79 bits per heavy atom. The molecule has 0 saturated carbocycles. The maximum atomic E-state index is 12.0. The molecule has 0 aliphatic rings. The maximum absolute atomic E-state index is 12.0. The van der Waals surface area contributed by atoms with Crippen LogP contribution in [0.4, 0.5) is 5.69 Å². The van der Waals surface area contributed by atoms with E-state index in [1.807, 2.05) is 36.4 Å². The number of hydrogen-bond donors (Lipinski definition) is 2. The lowest BCUT2D eigenvalue weighted by Gasteiger charge is -2.08. The Kier molecular flexibility index (Phi) is 6.14. The van der Waals surface area contributed by atoms with Crippen molar-refractivity contribution in [3.63, 3.8) is 0 Å². The summed E-state index contributed by atoms with van der Waals surface area (Å²) in [7, 11) is 0. The molecule has 6 heteroatoms. The van der Waals surface area contributed by atoms with Crippen molar-refractivity contribution in [1.82, 2.24) is 5.32 Å². The highest BCUT2D eigenvalue weighted by Gasteiger charge is 2.06. The number of thiocarbonyl (C=S) groups is 1. The molecule has 0 bridgehead atoms. The van der Waals surface area contributed by atoms with Crippen molar-refractivity contribution in [2.45, 2.75) is 6.92 Å². The van der Waals surface area contributed by atoms with Gasteiger partial charge in [-0.2, -0.15) is 0 Å². The third-order valence-corrected chi connectivity index (χ3v) is 4.05. The monoisotopic (exact) mass is 390 g/mol. The number of furan rings is 1. The van der Waals surface area contributed by atoms with E-state index in [-0.39, 0.29) is 10.9 Å². The Balaban J connectivity index is 1.56. The van der Waals surface area contributed by atoms with Gasteiger partial charge in [0.2, 0.25) is 5.91 Å². The molecule has 1 aromatic heterocycles. The van der Waals surface area contributed by atoms with E-state index in [1.54, 1.807) is 36.4 Å². The zero-order valence-corrected chi connectivity index (χ0v) is 16.0. The Labute approximate surface area is 168 Å². The summed E-state index contributed by atoms with van der Waals surface area (Å²) in [4.78, 5) is 23.5. The Morgan fingerprint density at radius 1 is 1.00 bits per heavy atom. The highest BCUT2D eigenvalue weighted by molar-refractivity contribution is 7.80. The van der Waals surface area contributed by atoms with Crippen molar-refractivity contribution >= 4 is 40.8 Å². The van der Waals surface area contributed by atoms with E-state index in [0.717, 1.165) is 11.3 Å². The van der Waals surface area contributed by atoms with Gasteiger partial charge in [0.25, 0.3) is 0 Å². The Hall–Kier alpha value is -3.51. The largest absolute Gasteiger partial charge is 0.457 e. The van der Waals surface area contributed by atoms with E-state index in [2.05, 4.69) is 10.6 Å². The molecule has 2 aromatic carbocycles. The normalized spacial score (nSPS) is 10.6. The van der Waals surface area contributed by atoms with Crippen LogP contribution in [0.15, 0.2) is 77.2 Å². The van der Waals surface area contributed by atoms with Crippen molar-refractivity contribution in [3.05, 3.63) is 84.1 Å². The molecule has 0 aliphatic heterocycles. The van der Waals surface area contributed by atoms with Crippen LogP contribution < -0.4 is 10.6 Å². The van der Waals surface area contributed by atoms with Crippen LogP contribution in [0.2, 0.25) is 0 Å². The first kappa shape index (κ1) is 19.3. The van der Waals surface area contributed by atoms with E-state index in [1.165, 1.54) is 13.0 Å². The van der Waals surface area contributed by atoms with Crippen LogP contribution in [0.3, 0.4) is 0 Å². The number of ketones is 1. The zero-order valence-electron chi connectivity index (χ0n) is 15.1. The van der Waals surface area contributed by atoms with Gasteiger partial charge in [0, 0.05) is 22.9 Å². The summed E-state index contributed by atoms with van der Waals surface area (Å²) in [6, 6.07) is 20.2. The summed E-state index contributed by atoms with van der Waals surface area (Å²) < 4.78 is 5.71. The van der Waals surface area contributed by atoms with Gasteiger partial charge in [-0.3, -0.25) is 14.9 Å². The number of amides is 1. The summed E-state index contributed by atoms with van der Waals surface area (Å²) >= 11 is 5.13. The van der Waals surface area contributed by atoms with Crippen LogP contribution in [0.1, 0.15) is 23.0 Å². The molecular formula is C22H18N2O3S. The SMILES string of the molecule is CC(=O)c1cccc(NC(=S)NC(=O)/C=C/c2ccc(-c3ccccc3)o2)c1. The molecule has 0 fully saturated rings. The molecule has 0 spiro atoms. The zero-order chi connectivity index (χ0) is 19.9. The highest BCUT2D eigenvalue weighted by atomic mass is 32.1. The fourth-order valence-corrected chi connectivity index (χ4v) is 2.71. The van der Waals surface area contributed by atoms with Gasteiger partial charge in [-0.05, 0) is 49.5 Å². The lowest BCUT2D eigenvalue weighted by atomic mass is 10.1. The van der Waals surface area contributed by atoms with Crippen LogP contribution in [0.25, 0.3) is 17.4 Å². The number of carbonyl (C=O) groups is 2. The van der Waals surface area contributed by atoms with Crippen molar-refractivity contribution in [3.8, 4) is 11.3 Å². The quantitative estimate of drug-likeness (QED) is 0.376. The lowest BCUT2D eigenvalue weighted by molar-refractivity contribution is -0.115. The summed E-state index contributed by atoms with van der Waals surface area (Å²) in [6.07, 6.45) is 2.91. The molecule has 0 aliphatic carbocycles. The second kappa shape index (κ2) is 8.92. The molecule has 0 unspecified atom stereocenters. The standard InChI is InChI=1S/C22H18N2O3S/c1-15(25)17-8-5-9-18(14-17)23-22(28)24-21(26)13-11-19-10-12-20(27-19)16-6-3-2-4-7-16/h2-14H,1H3,(H2,23,24,26,28)/b13-11+. The highest BCUT2D eigenvalue weighted by Crippen LogP contribution is 2.22. The summed E-state index contributed by atoms with van der Waals surface area (Å²) in [5, 5.41) is 5.57. The van der Waals surface area contributed by atoms with E-state index < -0.39 is 5.91 Å². The maximum Gasteiger partial charge on any atom is 0.250 e. The van der Waals surface area contributed by atoms with Gasteiger partial charge >= 0.3 is 0 Å². The smallest absolute Gasteiger partial charge is 0.250 e. The van der Waals surface area contributed by atoms with E-state index >= 15 is 0 Å². The summed E-state index contributed by atoms with van der Waals surface area (Å²) in [5.74, 6) is 0.845. The first-order chi connectivity index (χ1) is 13.5. The number of Topliss-reactive ketones (excluding diaryl/α,β-unsaturated/α-hetero) is 1. The third-order valence-electron chi connectivity index (χ3n) is 3.85. The van der Waals surface area contributed by atoms with E-state index in [0.29, 0.717) is 17.0 Å². The third kappa shape index (κ3) is 5.25. The van der Waals surface area contributed by atoms with Crippen LogP contribution >= 0.6 is 12.2 Å². The minimum atomic E-state index is -0.391. The average molecular weight is 390 g/mol. The van der Waals surface area contributed by atoms with Crippen LogP contribution in [-0.2, 0) is 4.79 Å². The predicted octanol–water partition coefficient (Wildman–Crippen LogP) is 4.68. The van der Waals surface area contributed by atoms with Crippen molar-refractivity contribution in [1.29, 1.82) is 0 Å². The molecule has 0 saturated heterocycles. The molecular weight excluding hydrogens is 372 g/mol. The van der Waals surface area contributed by atoms with Crippen LogP contribution in [-0.4, -0.2) is 16.8 Å². The first-order valence-corrected chi connectivity index (χ1v) is 8.98. The number of nitrogens with one attached hydrogen (secondary N) is 2. The van der Waals surface area contributed by atoms with Gasteiger partial charge < -0.3 is 9.73 Å². The van der Waals surface area contributed by atoms with Gasteiger partial charge in [-0.25, -0.2) is 0 Å². The predicted molar refractivity (Wildman–Crippen MR) is 114 cm³/mol. The molecule has 3 aromatic rings. The van der Waals surface area contributed by atoms with Gasteiger partial charge in [-0.15, -0.1) is 0 Å².